The van der Waals surface area contributed by atoms with Crippen LogP contribution in [0.25, 0.3) is 0 Å². The van der Waals surface area contributed by atoms with Gasteiger partial charge in [0.1, 0.15) is 6.04 Å². The molecule has 7 nitrogen and oxygen atoms in total. The monoisotopic (exact) mass is 379 g/mol. The molecule has 0 aromatic carbocycles. The summed E-state index contributed by atoms with van der Waals surface area (Å²) in [6.07, 6.45) is 8.04. The van der Waals surface area contributed by atoms with E-state index in [1.54, 1.807) is 13.8 Å². The van der Waals surface area contributed by atoms with E-state index in [2.05, 4.69) is 16.0 Å². The number of amides is 3. The maximum atomic E-state index is 12.3. The maximum absolute atomic E-state index is 12.3. The summed E-state index contributed by atoms with van der Waals surface area (Å²) in [6, 6.07) is -1.01. The molecule has 152 valence electrons. The molecule has 0 unspecified atom stereocenters. The third-order valence-electron chi connectivity index (χ3n) is 6.53. The van der Waals surface area contributed by atoms with E-state index in [9.17, 15) is 14.4 Å². The van der Waals surface area contributed by atoms with Gasteiger partial charge in [-0.15, -0.1) is 0 Å². The molecule has 0 aromatic heterocycles. The first-order chi connectivity index (χ1) is 12.8. The number of aliphatic carboxylic acids is 1. The second kappa shape index (κ2) is 8.07. The largest absolute Gasteiger partial charge is 0.480 e. The topological polar surface area (TPSA) is 108 Å². The van der Waals surface area contributed by atoms with Crippen LogP contribution in [0.3, 0.4) is 0 Å². The van der Waals surface area contributed by atoms with Gasteiger partial charge >= 0.3 is 12.0 Å². The SMILES string of the molecule is CC(C)[C@H](NC(=O)CCCNC(=O)NC12CC3CC(CC(C3)C1)C2)C(=O)O. The molecule has 4 rings (SSSR count). The summed E-state index contributed by atoms with van der Waals surface area (Å²) in [7, 11) is 0. The highest BCUT2D eigenvalue weighted by Crippen LogP contribution is 2.55. The van der Waals surface area contributed by atoms with Crippen LogP contribution in [0.4, 0.5) is 4.79 Å². The number of carboxylic acid groups (broad SMARTS) is 1. The average molecular weight is 380 g/mol. The number of carbonyl (C=O) groups excluding carboxylic acids is 2. The first-order valence-electron chi connectivity index (χ1n) is 10.3. The van der Waals surface area contributed by atoms with Gasteiger partial charge in [0.25, 0.3) is 0 Å². The molecule has 0 heterocycles. The van der Waals surface area contributed by atoms with Crippen LogP contribution in [0.5, 0.6) is 0 Å². The second-order valence-electron chi connectivity index (χ2n) is 9.31. The van der Waals surface area contributed by atoms with Gasteiger partial charge < -0.3 is 21.1 Å². The van der Waals surface area contributed by atoms with Crippen molar-refractivity contribution in [3.8, 4) is 0 Å². The van der Waals surface area contributed by atoms with Crippen molar-refractivity contribution in [2.24, 2.45) is 23.7 Å². The fourth-order valence-corrected chi connectivity index (χ4v) is 5.76. The van der Waals surface area contributed by atoms with Gasteiger partial charge in [0.2, 0.25) is 5.91 Å². The summed E-state index contributed by atoms with van der Waals surface area (Å²) in [4.78, 5) is 35.3. The van der Waals surface area contributed by atoms with Crippen LogP contribution in [0, 0.1) is 23.7 Å². The molecule has 7 heteroatoms. The quantitative estimate of drug-likeness (QED) is 0.485. The third-order valence-corrected chi connectivity index (χ3v) is 6.53. The Hall–Kier alpha value is -1.79. The molecule has 0 aliphatic heterocycles. The molecular formula is C20H33N3O4. The van der Waals surface area contributed by atoms with Gasteiger partial charge in [-0.25, -0.2) is 9.59 Å². The van der Waals surface area contributed by atoms with Crippen molar-refractivity contribution in [2.75, 3.05) is 6.54 Å². The highest BCUT2D eigenvalue weighted by atomic mass is 16.4. The summed E-state index contributed by atoms with van der Waals surface area (Å²) in [6.45, 7) is 3.93. The van der Waals surface area contributed by atoms with E-state index < -0.39 is 12.0 Å². The Bertz CT molecular complexity index is 554. The molecule has 1 atom stereocenters. The smallest absolute Gasteiger partial charge is 0.326 e. The summed E-state index contributed by atoms with van der Waals surface area (Å²) in [5.74, 6) is 0.858. The fourth-order valence-electron chi connectivity index (χ4n) is 5.76. The molecule has 0 radical (unpaired) electrons. The zero-order chi connectivity index (χ0) is 19.6. The maximum Gasteiger partial charge on any atom is 0.326 e. The van der Waals surface area contributed by atoms with Gasteiger partial charge in [0.05, 0.1) is 0 Å². The summed E-state index contributed by atoms with van der Waals surface area (Å²) >= 11 is 0. The molecule has 3 amide bonds. The van der Waals surface area contributed by atoms with Crippen molar-refractivity contribution in [3.05, 3.63) is 0 Å². The normalized spacial score (nSPS) is 32.2. The Morgan fingerprint density at radius 3 is 2.07 bits per heavy atom. The van der Waals surface area contributed by atoms with Crippen LogP contribution < -0.4 is 16.0 Å². The molecule has 4 bridgehead atoms. The molecule has 0 aromatic rings. The second-order valence-corrected chi connectivity index (χ2v) is 9.31. The minimum Gasteiger partial charge on any atom is -0.480 e. The third kappa shape index (κ3) is 4.93. The van der Waals surface area contributed by atoms with Crippen molar-refractivity contribution in [1.29, 1.82) is 0 Å². The van der Waals surface area contributed by atoms with E-state index in [4.69, 9.17) is 5.11 Å². The van der Waals surface area contributed by atoms with Crippen LogP contribution in [0.2, 0.25) is 0 Å². The van der Waals surface area contributed by atoms with Crippen LogP contribution >= 0.6 is 0 Å². The predicted octanol–water partition coefficient (Wildman–Crippen LogP) is 2.26. The lowest BCUT2D eigenvalue weighted by Crippen LogP contribution is -2.61. The number of rotatable bonds is 8. The van der Waals surface area contributed by atoms with Crippen molar-refractivity contribution >= 4 is 17.9 Å². The first kappa shape index (κ1) is 20.0. The molecule has 27 heavy (non-hydrogen) atoms. The number of carboxylic acids is 1. The predicted molar refractivity (Wildman–Crippen MR) is 101 cm³/mol. The molecule has 4 fully saturated rings. The van der Waals surface area contributed by atoms with Crippen LogP contribution in [-0.4, -0.2) is 41.1 Å². The fraction of sp³-hybridized carbons (Fsp3) is 0.850. The molecule has 4 N–H and O–H groups in total. The Kier molecular flexibility index (Phi) is 5.96. The molecular weight excluding hydrogens is 346 g/mol. The number of carbonyl (C=O) groups is 3. The standard InChI is InChI=1S/C20H33N3O4/c1-12(2)17(18(25)26)22-16(24)4-3-5-21-19(27)23-20-9-13-6-14(10-20)8-15(7-13)11-20/h12-15,17H,3-11H2,1-2H3,(H,22,24)(H,25,26)(H2,21,23,27)/t13?,14?,15?,17-,20?/m0/s1. The minimum atomic E-state index is -1.02. The zero-order valence-electron chi connectivity index (χ0n) is 16.4. The number of hydrogen-bond donors (Lipinski definition) is 4. The highest BCUT2D eigenvalue weighted by Gasteiger charge is 2.51. The van der Waals surface area contributed by atoms with E-state index in [0.29, 0.717) is 13.0 Å². The zero-order valence-corrected chi connectivity index (χ0v) is 16.4. The van der Waals surface area contributed by atoms with Crippen LogP contribution in [-0.2, 0) is 9.59 Å². The van der Waals surface area contributed by atoms with Crippen molar-refractivity contribution < 1.29 is 19.5 Å². The van der Waals surface area contributed by atoms with Gasteiger partial charge in [-0.3, -0.25) is 4.79 Å². The number of hydrogen-bond acceptors (Lipinski definition) is 3. The van der Waals surface area contributed by atoms with Crippen LogP contribution in [0.1, 0.15) is 65.2 Å². The first-order valence-corrected chi connectivity index (χ1v) is 10.3. The summed E-state index contributed by atoms with van der Waals surface area (Å²) in [5, 5.41) is 17.8. The van der Waals surface area contributed by atoms with E-state index >= 15 is 0 Å². The summed E-state index contributed by atoms with van der Waals surface area (Å²) in [5.41, 5.74) is -0.0117. The molecule has 0 spiro atoms. The van der Waals surface area contributed by atoms with Gasteiger partial charge in [0, 0.05) is 18.5 Å². The molecule has 4 saturated carbocycles. The van der Waals surface area contributed by atoms with E-state index in [1.807, 2.05) is 0 Å². The lowest BCUT2D eigenvalue weighted by atomic mass is 9.53. The van der Waals surface area contributed by atoms with Gasteiger partial charge in [0.15, 0.2) is 0 Å². The number of urea groups is 1. The van der Waals surface area contributed by atoms with E-state index in [-0.39, 0.29) is 29.8 Å². The Balaban J connectivity index is 1.35. The van der Waals surface area contributed by atoms with Gasteiger partial charge in [-0.1, -0.05) is 13.8 Å². The lowest BCUT2D eigenvalue weighted by Gasteiger charge is -2.56. The van der Waals surface area contributed by atoms with Crippen molar-refractivity contribution in [3.63, 3.8) is 0 Å². The molecule has 0 saturated heterocycles. The lowest BCUT2D eigenvalue weighted by molar-refractivity contribution is -0.143. The molecule has 4 aliphatic rings. The highest BCUT2D eigenvalue weighted by molar-refractivity contribution is 5.83. The summed E-state index contributed by atoms with van der Waals surface area (Å²) < 4.78 is 0. The Labute approximate surface area is 161 Å². The number of nitrogens with one attached hydrogen (secondary N) is 3. The van der Waals surface area contributed by atoms with Gasteiger partial charge in [-0.2, -0.15) is 0 Å². The van der Waals surface area contributed by atoms with Crippen molar-refractivity contribution in [1.82, 2.24) is 16.0 Å². The average Bonchev–Trinajstić information content (AvgIpc) is 2.54. The van der Waals surface area contributed by atoms with Crippen LogP contribution in [0.15, 0.2) is 0 Å². The Morgan fingerprint density at radius 1 is 1.04 bits per heavy atom. The Morgan fingerprint density at radius 2 is 1.59 bits per heavy atom. The van der Waals surface area contributed by atoms with E-state index in [1.165, 1.54) is 19.3 Å². The minimum absolute atomic E-state index is 0.0117. The van der Waals surface area contributed by atoms with Gasteiger partial charge in [-0.05, 0) is 68.6 Å². The van der Waals surface area contributed by atoms with E-state index in [0.717, 1.165) is 37.0 Å². The van der Waals surface area contributed by atoms with Crippen molar-refractivity contribution in [2.45, 2.75) is 76.8 Å². The molecule has 4 aliphatic carbocycles.